The fourth-order valence-corrected chi connectivity index (χ4v) is 3.77. The van der Waals surface area contributed by atoms with E-state index in [9.17, 15) is 5.11 Å². The predicted molar refractivity (Wildman–Crippen MR) is 83.5 cm³/mol. The minimum atomic E-state index is -0.121. The molecule has 6 nitrogen and oxygen atoms in total. The van der Waals surface area contributed by atoms with E-state index in [0.29, 0.717) is 30.8 Å². The van der Waals surface area contributed by atoms with E-state index in [2.05, 4.69) is 15.0 Å². The summed E-state index contributed by atoms with van der Waals surface area (Å²) in [6.45, 7) is 4.04. The fourth-order valence-electron chi connectivity index (χ4n) is 3.77. The van der Waals surface area contributed by atoms with Gasteiger partial charge >= 0.3 is 0 Å². The van der Waals surface area contributed by atoms with Gasteiger partial charge in [0.1, 0.15) is 0 Å². The maximum atomic E-state index is 9.83. The van der Waals surface area contributed by atoms with Crippen molar-refractivity contribution in [3.8, 4) is 11.5 Å². The molecule has 6 heteroatoms. The maximum absolute atomic E-state index is 9.83. The Morgan fingerprint density at radius 1 is 1.30 bits per heavy atom. The summed E-state index contributed by atoms with van der Waals surface area (Å²) >= 11 is 0. The molecule has 3 heterocycles. The lowest BCUT2D eigenvalue weighted by atomic mass is 9.76. The van der Waals surface area contributed by atoms with E-state index in [1.54, 1.807) is 0 Å². The van der Waals surface area contributed by atoms with Gasteiger partial charge in [-0.1, -0.05) is 23.4 Å². The number of likely N-dealkylation sites (tertiary alicyclic amines) is 1. The first-order valence-electron chi connectivity index (χ1n) is 8.08. The molecule has 0 spiro atoms. The Kier molecular flexibility index (Phi) is 3.88. The lowest BCUT2D eigenvalue weighted by Crippen LogP contribution is -2.42. The summed E-state index contributed by atoms with van der Waals surface area (Å²) < 4.78 is 11.0. The maximum Gasteiger partial charge on any atom is 0.257 e. The van der Waals surface area contributed by atoms with Gasteiger partial charge < -0.3 is 14.4 Å². The summed E-state index contributed by atoms with van der Waals surface area (Å²) in [4.78, 5) is 6.80. The number of aliphatic hydroxyl groups excluding tert-OH is 1. The Morgan fingerprint density at radius 3 is 2.96 bits per heavy atom. The minimum absolute atomic E-state index is 0.121. The zero-order valence-corrected chi connectivity index (χ0v) is 13.0. The van der Waals surface area contributed by atoms with Crippen LogP contribution >= 0.6 is 0 Å². The molecule has 23 heavy (non-hydrogen) atoms. The van der Waals surface area contributed by atoms with Crippen molar-refractivity contribution >= 4 is 0 Å². The van der Waals surface area contributed by atoms with E-state index in [-0.39, 0.29) is 12.0 Å². The van der Waals surface area contributed by atoms with Crippen LogP contribution in [0.2, 0.25) is 0 Å². The molecule has 1 N–H and O–H groups in total. The van der Waals surface area contributed by atoms with Crippen molar-refractivity contribution in [3.05, 3.63) is 36.2 Å². The van der Waals surface area contributed by atoms with Gasteiger partial charge in [0, 0.05) is 30.7 Å². The molecular formula is C17H21N3O3. The monoisotopic (exact) mass is 315 g/mol. The molecule has 2 aliphatic rings. The highest BCUT2D eigenvalue weighted by Gasteiger charge is 2.48. The number of hydrogen-bond acceptors (Lipinski definition) is 6. The largest absolute Gasteiger partial charge is 0.396 e. The fraction of sp³-hybridized carbons (Fsp3) is 0.529. The lowest BCUT2D eigenvalue weighted by molar-refractivity contribution is -0.0561. The Morgan fingerprint density at radius 2 is 2.17 bits per heavy atom. The number of nitrogens with zero attached hydrogens (tertiary/aromatic N) is 3. The quantitative estimate of drug-likeness (QED) is 0.923. The van der Waals surface area contributed by atoms with Crippen molar-refractivity contribution in [2.75, 3.05) is 32.9 Å². The second-order valence-corrected chi connectivity index (χ2v) is 6.61. The van der Waals surface area contributed by atoms with Crippen LogP contribution in [0.15, 0.2) is 34.9 Å². The van der Waals surface area contributed by atoms with Crippen molar-refractivity contribution in [1.29, 1.82) is 0 Å². The molecule has 2 aliphatic heterocycles. The predicted octanol–water partition coefficient (Wildman–Crippen LogP) is 1.57. The first kappa shape index (κ1) is 14.8. The Bertz CT molecular complexity index is 660. The SMILES string of the molecule is OC[C@]12COCC[C@H]1CN(Cc1noc(-c3ccccc3)n1)C2. The van der Waals surface area contributed by atoms with Crippen molar-refractivity contribution in [1.82, 2.24) is 15.0 Å². The van der Waals surface area contributed by atoms with E-state index in [1.807, 2.05) is 30.3 Å². The summed E-state index contributed by atoms with van der Waals surface area (Å²) in [7, 11) is 0. The van der Waals surface area contributed by atoms with Gasteiger partial charge in [0.25, 0.3) is 5.89 Å². The molecule has 2 atom stereocenters. The number of benzene rings is 1. The highest BCUT2D eigenvalue weighted by Crippen LogP contribution is 2.41. The van der Waals surface area contributed by atoms with Crippen LogP contribution in [-0.4, -0.2) is 53.1 Å². The Hall–Kier alpha value is -1.76. The molecule has 0 aliphatic carbocycles. The van der Waals surface area contributed by atoms with Crippen LogP contribution in [0.5, 0.6) is 0 Å². The van der Waals surface area contributed by atoms with E-state index < -0.39 is 0 Å². The second kappa shape index (κ2) is 6.03. The van der Waals surface area contributed by atoms with Crippen LogP contribution in [-0.2, 0) is 11.3 Å². The Labute approximate surface area is 135 Å². The number of hydrogen-bond donors (Lipinski definition) is 1. The third-order valence-corrected chi connectivity index (χ3v) is 5.05. The summed E-state index contributed by atoms with van der Waals surface area (Å²) in [6, 6.07) is 9.79. The number of ether oxygens (including phenoxy) is 1. The smallest absolute Gasteiger partial charge is 0.257 e. The highest BCUT2D eigenvalue weighted by molar-refractivity contribution is 5.51. The van der Waals surface area contributed by atoms with Gasteiger partial charge in [0.2, 0.25) is 0 Å². The average molecular weight is 315 g/mol. The van der Waals surface area contributed by atoms with Crippen LogP contribution in [0.25, 0.3) is 11.5 Å². The van der Waals surface area contributed by atoms with Crippen LogP contribution in [0.3, 0.4) is 0 Å². The van der Waals surface area contributed by atoms with Crippen molar-refractivity contribution < 1.29 is 14.4 Å². The van der Waals surface area contributed by atoms with Crippen LogP contribution in [0.1, 0.15) is 12.2 Å². The standard InChI is InChI=1S/C17H21N3O3/c21-11-17-10-20(8-14(17)6-7-22-12-17)9-15-18-16(23-19-15)13-4-2-1-3-5-13/h1-5,14,21H,6-12H2/t14-,17+/m0/s1. The van der Waals surface area contributed by atoms with Gasteiger partial charge in [0.05, 0.1) is 19.8 Å². The summed E-state index contributed by atoms with van der Waals surface area (Å²) in [6.07, 6.45) is 1.01. The van der Waals surface area contributed by atoms with E-state index in [0.717, 1.165) is 31.7 Å². The van der Waals surface area contributed by atoms with Crippen molar-refractivity contribution in [3.63, 3.8) is 0 Å². The third-order valence-electron chi connectivity index (χ3n) is 5.05. The molecule has 0 amide bonds. The number of fused-ring (bicyclic) bond motifs is 1. The number of aliphatic hydroxyl groups is 1. The molecule has 1 aromatic heterocycles. The van der Waals surface area contributed by atoms with Gasteiger partial charge in [0.15, 0.2) is 5.82 Å². The number of rotatable bonds is 4. The van der Waals surface area contributed by atoms with Gasteiger partial charge in [-0.15, -0.1) is 0 Å². The molecule has 2 saturated heterocycles. The van der Waals surface area contributed by atoms with Gasteiger partial charge in [-0.25, -0.2) is 0 Å². The molecular weight excluding hydrogens is 294 g/mol. The topological polar surface area (TPSA) is 71.6 Å². The van der Waals surface area contributed by atoms with Gasteiger partial charge in [-0.05, 0) is 24.5 Å². The molecule has 122 valence electrons. The van der Waals surface area contributed by atoms with E-state index >= 15 is 0 Å². The first-order chi connectivity index (χ1) is 11.3. The third kappa shape index (κ3) is 2.78. The zero-order chi connectivity index (χ0) is 15.7. The molecule has 0 radical (unpaired) electrons. The second-order valence-electron chi connectivity index (χ2n) is 6.61. The van der Waals surface area contributed by atoms with Crippen molar-refractivity contribution in [2.24, 2.45) is 11.3 Å². The molecule has 0 saturated carbocycles. The normalized spacial score (nSPS) is 28.0. The number of aromatic nitrogens is 2. The van der Waals surface area contributed by atoms with E-state index in [1.165, 1.54) is 0 Å². The molecule has 0 unspecified atom stereocenters. The molecule has 0 bridgehead atoms. The zero-order valence-electron chi connectivity index (χ0n) is 13.0. The average Bonchev–Trinajstić information content (AvgIpc) is 3.20. The van der Waals surface area contributed by atoms with E-state index in [4.69, 9.17) is 9.26 Å². The lowest BCUT2D eigenvalue weighted by Gasteiger charge is -2.36. The van der Waals surface area contributed by atoms with Crippen molar-refractivity contribution in [2.45, 2.75) is 13.0 Å². The minimum Gasteiger partial charge on any atom is -0.396 e. The highest BCUT2D eigenvalue weighted by atomic mass is 16.5. The summed E-state index contributed by atoms with van der Waals surface area (Å²) in [5, 5.41) is 13.9. The first-order valence-corrected chi connectivity index (χ1v) is 8.08. The van der Waals surface area contributed by atoms with Crippen LogP contribution in [0, 0.1) is 11.3 Å². The Balaban J connectivity index is 1.46. The molecule has 1 aromatic carbocycles. The molecule has 2 fully saturated rings. The van der Waals surface area contributed by atoms with Crippen LogP contribution in [0.4, 0.5) is 0 Å². The summed E-state index contributed by atoms with van der Waals surface area (Å²) in [5.41, 5.74) is 0.811. The molecule has 2 aromatic rings. The molecule has 4 rings (SSSR count). The van der Waals surface area contributed by atoms with Crippen LogP contribution < -0.4 is 0 Å². The summed E-state index contributed by atoms with van der Waals surface area (Å²) in [5.74, 6) is 1.73. The van der Waals surface area contributed by atoms with Gasteiger partial charge in [-0.2, -0.15) is 4.98 Å². The van der Waals surface area contributed by atoms with Gasteiger partial charge in [-0.3, -0.25) is 4.90 Å².